The Labute approximate surface area is 97.0 Å². The summed E-state index contributed by atoms with van der Waals surface area (Å²) in [5.74, 6) is 1.14. The van der Waals surface area contributed by atoms with Gasteiger partial charge in [-0.25, -0.2) is 0 Å². The molecule has 0 saturated carbocycles. The molecule has 0 spiro atoms. The van der Waals surface area contributed by atoms with E-state index < -0.39 is 0 Å². The summed E-state index contributed by atoms with van der Waals surface area (Å²) in [6.45, 7) is 0.825. The maximum atomic E-state index is 5.45. The lowest BCUT2D eigenvalue weighted by Crippen LogP contribution is -2.00. The van der Waals surface area contributed by atoms with Crippen molar-refractivity contribution in [2.45, 2.75) is 51.4 Å². The lowest BCUT2D eigenvalue weighted by Gasteiger charge is -2.05. The predicted octanol–water partition coefficient (Wildman–Crippen LogP) is 4.16. The first-order chi connectivity index (χ1) is 6.89. The summed E-state index contributed by atoms with van der Waals surface area (Å²) in [5, 5.41) is 0. The smallest absolute Gasteiger partial charge is 0.219 e. The molecule has 0 aromatic heterocycles. The molecular formula is C11H20OS2. The fourth-order valence-electron chi connectivity index (χ4n) is 1.62. The molecule has 0 aromatic rings. The highest BCUT2D eigenvalue weighted by molar-refractivity contribution is 8.22. The largest absolute Gasteiger partial charge is 0.479 e. The van der Waals surface area contributed by atoms with Gasteiger partial charge in [0.25, 0.3) is 0 Å². The molecule has 1 aliphatic heterocycles. The quantitative estimate of drug-likeness (QED) is 0.581. The van der Waals surface area contributed by atoms with Crippen LogP contribution in [0.15, 0.2) is 0 Å². The SMILES string of the molecule is S=C1OCCCCCCCCCCS1. The Morgan fingerprint density at radius 1 is 0.857 bits per heavy atom. The third kappa shape index (κ3) is 6.66. The molecule has 0 N–H and O–H groups in total. The van der Waals surface area contributed by atoms with E-state index >= 15 is 0 Å². The minimum Gasteiger partial charge on any atom is -0.479 e. The summed E-state index contributed by atoms with van der Waals surface area (Å²) in [4.78, 5) is 0. The molecule has 0 aliphatic carbocycles. The molecule has 3 heteroatoms. The summed E-state index contributed by atoms with van der Waals surface area (Å²) in [5.41, 5.74) is 0. The van der Waals surface area contributed by atoms with E-state index in [0.29, 0.717) is 0 Å². The molecule has 1 nitrogen and oxygen atoms in total. The zero-order valence-corrected chi connectivity index (χ0v) is 10.4. The van der Waals surface area contributed by atoms with Gasteiger partial charge in [-0.05, 0) is 25.1 Å². The molecule has 0 atom stereocenters. The summed E-state index contributed by atoms with van der Waals surface area (Å²) in [7, 11) is 0. The van der Waals surface area contributed by atoms with Crippen LogP contribution in [0.2, 0.25) is 0 Å². The molecule has 1 fully saturated rings. The van der Waals surface area contributed by atoms with Crippen LogP contribution in [0.1, 0.15) is 51.4 Å². The zero-order chi connectivity index (χ0) is 10.1. The van der Waals surface area contributed by atoms with Crippen LogP contribution in [-0.2, 0) is 4.74 Å². The molecule has 0 radical (unpaired) electrons. The molecule has 1 rings (SSSR count). The van der Waals surface area contributed by atoms with Crippen LogP contribution in [0, 0.1) is 0 Å². The highest BCUT2D eigenvalue weighted by Crippen LogP contribution is 2.14. The lowest BCUT2D eigenvalue weighted by molar-refractivity contribution is 0.308. The number of hydrogen-bond donors (Lipinski definition) is 0. The Hall–Kier alpha value is 0.240. The Morgan fingerprint density at radius 3 is 2.14 bits per heavy atom. The van der Waals surface area contributed by atoms with Crippen molar-refractivity contribution in [1.82, 2.24) is 0 Å². The summed E-state index contributed by atoms with van der Waals surface area (Å²) >= 11 is 6.82. The first kappa shape index (κ1) is 12.3. The van der Waals surface area contributed by atoms with Gasteiger partial charge in [0.2, 0.25) is 4.38 Å². The zero-order valence-electron chi connectivity index (χ0n) is 8.80. The predicted molar refractivity (Wildman–Crippen MR) is 67.9 cm³/mol. The van der Waals surface area contributed by atoms with Gasteiger partial charge in [-0.1, -0.05) is 50.3 Å². The molecule has 1 saturated heterocycles. The number of thiocarbonyl (C=S) groups is 1. The first-order valence-corrected chi connectivity index (χ1v) is 7.08. The molecule has 14 heavy (non-hydrogen) atoms. The molecular weight excluding hydrogens is 212 g/mol. The van der Waals surface area contributed by atoms with Gasteiger partial charge in [0.1, 0.15) is 0 Å². The van der Waals surface area contributed by atoms with E-state index in [1.54, 1.807) is 11.8 Å². The van der Waals surface area contributed by atoms with Crippen LogP contribution in [0.4, 0.5) is 0 Å². The van der Waals surface area contributed by atoms with Crippen molar-refractivity contribution in [3.8, 4) is 0 Å². The van der Waals surface area contributed by atoms with Crippen LogP contribution in [0.5, 0.6) is 0 Å². The fraction of sp³-hybridized carbons (Fsp3) is 0.909. The lowest BCUT2D eigenvalue weighted by atomic mass is 10.1. The van der Waals surface area contributed by atoms with E-state index in [0.717, 1.165) is 16.7 Å². The van der Waals surface area contributed by atoms with Crippen LogP contribution in [0.3, 0.4) is 0 Å². The second-order valence-corrected chi connectivity index (χ2v) is 5.47. The average molecular weight is 232 g/mol. The second kappa shape index (κ2) is 8.54. The average Bonchev–Trinajstić information content (AvgIpc) is 2.20. The maximum Gasteiger partial charge on any atom is 0.219 e. The van der Waals surface area contributed by atoms with Gasteiger partial charge >= 0.3 is 0 Å². The highest BCUT2D eigenvalue weighted by atomic mass is 32.2. The molecule has 0 amide bonds. The molecule has 1 heterocycles. The van der Waals surface area contributed by atoms with Crippen LogP contribution >= 0.6 is 24.0 Å². The van der Waals surface area contributed by atoms with Crippen molar-refractivity contribution >= 4 is 28.4 Å². The third-order valence-corrected chi connectivity index (χ3v) is 3.80. The molecule has 82 valence electrons. The van der Waals surface area contributed by atoms with Crippen LogP contribution in [0.25, 0.3) is 0 Å². The van der Waals surface area contributed by atoms with Gasteiger partial charge in [-0.2, -0.15) is 0 Å². The minimum atomic E-state index is 0.754. The van der Waals surface area contributed by atoms with Crippen molar-refractivity contribution in [2.24, 2.45) is 0 Å². The number of hydrogen-bond acceptors (Lipinski definition) is 3. The van der Waals surface area contributed by atoms with Crippen molar-refractivity contribution < 1.29 is 4.74 Å². The van der Waals surface area contributed by atoms with Crippen molar-refractivity contribution in [2.75, 3.05) is 12.4 Å². The van der Waals surface area contributed by atoms with Gasteiger partial charge < -0.3 is 4.74 Å². The Morgan fingerprint density at radius 2 is 1.43 bits per heavy atom. The highest BCUT2D eigenvalue weighted by Gasteiger charge is 2.00. The van der Waals surface area contributed by atoms with E-state index in [1.165, 1.54) is 51.4 Å². The second-order valence-electron chi connectivity index (χ2n) is 3.78. The fourth-order valence-corrected chi connectivity index (χ4v) is 2.63. The Kier molecular flexibility index (Phi) is 7.51. The van der Waals surface area contributed by atoms with Gasteiger partial charge in [-0.3, -0.25) is 0 Å². The normalized spacial score (nSPS) is 22.7. The minimum absolute atomic E-state index is 0.754. The standard InChI is InChI=1S/C11H20OS2/c13-11-12-9-7-5-3-1-2-4-6-8-10-14-11/h1-10H2. The van der Waals surface area contributed by atoms with Gasteiger partial charge in [0, 0.05) is 5.75 Å². The molecule has 0 bridgehead atoms. The molecule has 0 aromatic carbocycles. The van der Waals surface area contributed by atoms with Crippen molar-refractivity contribution in [1.29, 1.82) is 0 Å². The Balaban J connectivity index is 2.15. The van der Waals surface area contributed by atoms with Crippen molar-refractivity contribution in [3.63, 3.8) is 0 Å². The first-order valence-electron chi connectivity index (χ1n) is 5.69. The maximum absolute atomic E-state index is 5.45. The third-order valence-electron chi connectivity index (χ3n) is 2.48. The number of ether oxygens (including phenoxy) is 1. The number of thioether (sulfide) groups is 1. The summed E-state index contributed by atoms with van der Waals surface area (Å²) in [6.07, 6.45) is 10.7. The summed E-state index contributed by atoms with van der Waals surface area (Å²) < 4.78 is 6.20. The monoisotopic (exact) mass is 232 g/mol. The van der Waals surface area contributed by atoms with Crippen LogP contribution in [-0.4, -0.2) is 16.7 Å². The van der Waals surface area contributed by atoms with Gasteiger partial charge in [0.05, 0.1) is 6.61 Å². The van der Waals surface area contributed by atoms with E-state index in [2.05, 4.69) is 0 Å². The van der Waals surface area contributed by atoms with Gasteiger partial charge in [-0.15, -0.1) is 0 Å². The van der Waals surface area contributed by atoms with Crippen molar-refractivity contribution in [3.05, 3.63) is 0 Å². The van der Waals surface area contributed by atoms with E-state index in [-0.39, 0.29) is 0 Å². The molecule has 1 aliphatic rings. The molecule has 0 unspecified atom stereocenters. The topological polar surface area (TPSA) is 9.23 Å². The van der Waals surface area contributed by atoms with E-state index in [9.17, 15) is 0 Å². The number of rotatable bonds is 0. The Bertz CT molecular complexity index is 143. The van der Waals surface area contributed by atoms with E-state index in [4.69, 9.17) is 17.0 Å². The van der Waals surface area contributed by atoms with Gasteiger partial charge in [0.15, 0.2) is 0 Å². The summed E-state index contributed by atoms with van der Waals surface area (Å²) in [6, 6.07) is 0. The van der Waals surface area contributed by atoms with Crippen LogP contribution < -0.4 is 0 Å². The van der Waals surface area contributed by atoms with E-state index in [1.807, 2.05) is 0 Å².